The van der Waals surface area contributed by atoms with Gasteiger partial charge in [-0.25, -0.2) is 0 Å². The summed E-state index contributed by atoms with van der Waals surface area (Å²) in [6, 6.07) is 7.29. The van der Waals surface area contributed by atoms with Crippen LogP contribution < -0.4 is 38.1 Å². The zero-order chi connectivity index (χ0) is 52.7. The van der Waals surface area contributed by atoms with Crippen LogP contribution in [0.15, 0.2) is 54.6 Å². The summed E-state index contributed by atoms with van der Waals surface area (Å²) in [4.78, 5) is 79.8. The van der Waals surface area contributed by atoms with Crippen molar-refractivity contribution in [2.45, 2.75) is 138 Å². The highest BCUT2D eigenvalue weighted by atomic mass is 16.7. The molecule has 6 amide bonds. The smallest absolute Gasteiger partial charge is 0.245 e. The van der Waals surface area contributed by atoms with Gasteiger partial charge in [0, 0.05) is 6.42 Å². The molecule has 0 spiro atoms. The average Bonchev–Trinajstić information content (AvgIpc) is 3.33. The van der Waals surface area contributed by atoms with E-state index in [0.29, 0.717) is 11.1 Å². The Bertz CT molecular complexity index is 2050. The van der Waals surface area contributed by atoms with Crippen molar-refractivity contribution in [3.63, 3.8) is 0 Å². The van der Waals surface area contributed by atoms with Crippen molar-refractivity contribution in [3.8, 4) is 5.75 Å². The molecule has 0 unspecified atom stereocenters. The first-order valence-electron chi connectivity index (χ1n) is 22.8. The maximum atomic E-state index is 14.0. The summed E-state index contributed by atoms with van der Waals surface area (Å²) in [5.41, 5.74) is 12.8. The Morgan fingerprint density at radius 2 is 1.24 bits per heavy atom. The number of ether oxygens (including phenoxy) is 4. The number of benzene rings is 2. The Labute approximate surface area is 408 Å². The largest absolute Gasteiger partial charge is 0.508 e. The number of aromatic hydroxyl groups is 1. The van der Waals surface area contributed by atoms with Gasteiger partial charge in [-0.05, 0) is 48.9 Å². The van der Waals surface area contributed by atoms with Gasteiger partial charge in [-0.15, -0.1) is 0 Å². The summed E-state index contributed by atoms with van der Waals surface area (Å²) in [7, 11) is 0. The maximum absolute atomic E-state index is 14.0. The third kappa shape index (κ3) is 16.8. The number of aliphatic hydroxyl groups is 8. The molecule has 2 fully saturated rings. The summed E-state index contributed by atoms with van der Waals surface area (Å²) in [5, 5.41) is 104. The Kier molecular flexibility index (Phi) is 22.4. The molecular formula is C45H67N7O19. The van der Waals surface area contributed by atoms with Crippen LogP contribution in [0.2, 0.25) is 0 Å². The van der Waals surface area contributed by atoms with Crippen molar-refractivity contribution in [3.05, 3.63) is 65.7 Å². The van der Waals surface area contributed by atoms with Crippen molar-refractivity contribution in [1.29, 1.82) is 0 Å². The topological polar surface area (TPSA) is 434 Å². The molecule has 2 aliphatic rings. The van der Waals surface area contributed by atoms with Crippen LogP contribution in [0.25, 0.3) is 0 Å². The fourth-order valence-corrected chi connectivity index (χ4v) is 7.55. The van der Waals surface area contributed by atoms with Crippen LogP contribution in [0, 0.1) is 5.92 Å². The van der Waals surface area contributed by atoms with Gasteiger partial charge in [0.1, 0.15) is 78.7 Å². The van der Waals surface area contributed by atoms with Crippen LogP contribution >= 0.6 is 0 Å². The number of amides is 6. The molecule has 18 N–H and O–H groups in total. The first-order valence-corrected chi connectivity index (χ1v) is 22.8. The molecule has 71 heavy (non-hydrogen) atoms. The molecule has 2 aliphatic heterocycles. The predicted molar refractivity (Wildman–Crippen MR) is 243 cm³/mol. The number of hydrogen-bond donors (Lipinski definition) is 16. The Balaban J connectivity index is 1.39. The lowest BCUT2D eigenvalue weighted by Crippen LogP contribution is -2.65. The van der Waals surface area contributed by atoms with Gasteiger partial charge < -0.3 is 103 Å². The number of hydrogen-bond acceptors (Lipinski definition) is 20. The van der Waals surface area contributed by atoms with Crippen LogP contribution in [-0.4, -0.2) is 205 Å². The number of aliphatic hydroxyl groups excluding tert-OH is 8. The highest BCUT2D eigenvalue weighted by Crippen LogP contribution is 2.29. The summed E-state index contributed by atoms with van der Waals surface area (Å²) in [5.74, 6) is -5.80. The van der Waals surface area contributed by atoms with Gasteiger partial charge in [-0.3, -0.25) is 28.8 Å². The molecule has 0 saturated carbocycles. The summed E-state index contributed by atoms with van der Waals surface area (Å²) < 4.78 is 22.0. The van der Waals surface area contributed by atoms with Crippen molar-refractivity contribution >= 4 is 35.4 Å². The van der Waals surface area contributed by atoms with E-state index >= 15 is 0 Å². The molecule has 0 aromatic heterocycles. The number of rotatable bonds is 25. The zero-order valence-corrected chi connectivity index (χ0v) is 39.2. The standard InChI is InChI=1S/C45H67N7O19/c1-20(2)13-26(41(65)51-28(39(47)63)19-68-44-37(62)35(60)38(30(18-54)70-44)71-45-36(61)34(59)33(58)29(17-53)69-45)50-42(66)27(15-22-7-5-4-6-8-22)49-31(57)16-48-43(67)32(21(3)55)52-40(64)25(46)14-23-9-11-24(56)12-10-23/h4-12,20-21,25-30,32-38,44-45,53-56,58-62H,13-19,46H2,1-3H3,(H2,47,63)(H,48,67)(H,49,57)(H,50,66)(H,51,65)(H,52,64)/t21-,25+,26+,27+,28+,29-,30-,32+,33-,34+,35-,36-,37-,38-,44-,45+/m1/s1. The van der Waals surface area contributed by atoms with E-state index in [-0.39, 0.29) is 30.9 Å². The minimum atomic E-state index is -1.98. The van der Waals surface area contributed by atoms with Crippen molar-refractivity contribution in [2.75, 3.05) is 26.4 Å². The molecule has 2 heterocycles. The molecule has 2 saturated heterocycles. The second-order valence-corrected chi connectivity index (χ2v) is 17.7. The van der Waals surface area contributed by atoms with Gasteiger partial charge >= 0.3 is 0 Å². The lowest BCUT2D eigenvalue weighted by Gasteiger charge is -2.46. The van der Waals surface area contributed by atoms with Crippen LogP contribution in [0.4, 0.5) is 0 Å². The molecule has 26 nitrogen and oxygen atoms in total. The third-order valence-electron chi connectivity index (χ3n) is 11.5. The quantitative estimate of drug-likeness (QED) is 0.0439. The minimum absolute atomic E-state index is 0.00959. The Morgan fingerprint density at radius 1 is 0.662 bits per heavy atom. The van der Waals surface area contributed by atoms with E-state index in [1.807, 2.05) is 0 Å². The molecule has 16 atom stereocenters. The van der Waals surface area contributed by atoms with Crippen molar-refractivity contribution < 1.29 is 93.7 Å². The Hall–Kier alpha value is -5.46. The molecule has 0 bridgehead atoms. The summed E-state index contributed by atoms with van der Waals surface area (Å²) in [6.07, 6.45) is -19.1. The fraction of sp³-hybridized carbons (Fsp3) is 0.600. The molecular weight excluding hydrogens is 943 g/mol. The molecule has 2 aromatic rings. The normalized spacial score (nSPS) is 26.9. The van der Waals surface area contributed by atoms with Gasteiger partial charge in [-0.2, -0.15) is 0 Å². The number of phenols is 1. The van der Waals surface area contributed by atoms with Gasteiger partial charge in [-0.1, -0.05) is 56.3 Å². The van der Waals surface area contributed by atoms with E-state index in [9.17, 15) is 74.7 Å². The fourth-order valence-electron chi connectivity index (χ4n) is 7.55. The SMILES string of the molecule is CC(C)C[C@H](NC(=O)[C@H](Cc1ccccc1)NC(=O)CNC(=O)[C@@H](NC(=O)[C@@H](N)Cc1ccc(O)cc1)[C@@H](C)O)C(=O)N[C@@H](CO[C@@H]1O[C@H](CO)[C@@H](O[C@@H]2O[C@H](CO)[C@@H](O)[C@H](O)[C@H]2O)[C@H](O)[C@H]1O)C(N)=O. The molecule has 4 rings (SSSR count). The van der Waals surface area contributed by atoms with Gasteiger partial charge in [0.15, 0.2) is 12.6 Å². The first kappa shape index (κ1) is 58.1. The second-order valence-electron chi connectivity index (χ2n) is 17.7. The van der Waals surface area contributed by atoms with Gasteiger partial charge in [0.2, 0.25) is 35.4 Å². The molecule has 26 heteroatoms. The third-order valence-corrected chi connectivity index (χ3v) is 11.5. The second kappa shape index (κ2) is 27.4. The van der Waals surface area contributed by atoms with Gasteiger partial charge in [0.25, 0.3) is 0 Å². The summed E-state index contributed by atoms with van der Waals surface area (Å²) in [6.45, 7) is 1.50. The van der Waals surface area contributed by atoms with Crippen molar-refractivity contribution in [1.82, 2.24) is 26.6 Å². The monoisotopic (exact) mass is 1010 g/mol. The van der Waals surface area contributed by atoms with E-state index < -0.39 is 160 Å². The van der Waals surface area contributed by atoms with E-state index in [2.05, 4.69) is 26.6 Å². The molecule has 0 radical (unpaired) electrons. The highest BCUT2D eigenvalue weighted by molar-refractivity contribution is 5.95. The lowest BCUT2D eigenvalue weighted by molar-refractivity contribution is -0.359. The molecule has 2 aromatic carbocycles. The van der Waals surface area contributed by atoms with E-state index in [4.69, 9.17) is 30.4 Å². The van der Waals surface area contributed by atoms with E-state index in [1.54, 1.807) is 56.3 Å². The average molecular weight is 1010 g/mol. The van der Waals surface area contributed by atoms with Gasteiger partial charge in [0.05, 0.1) is 38.5 Å². The minimum Gasteiger partial charge on any atom is -0.508 e. The number of phenolic OH excluding ortho intramolecular Hbond substituents is 1. The molecule has 396 valence electrons. The maximum Gasteiger partial charge on any atom is 0.245 e. The number of primary amides is 1. The number of nitrogens with one attached hydrogen (secondary N) is 5. The Morgan fingerprint density at radius 3 is 1.83 bits per heavy atom. The number of nitrogens with two attached hydrogens (primary N) is 2. The first-order chi connectivity index (χ1) is 33.5. The van der Waals surface area contributed by atoms with Crippen LogP contribution in [-0.2, 0) is 60.6 Å². The predicted octanol–water partition coefficient (Wildman–Crippen LogP) is -6.89. The van der Waals surface area contributed by atoms with Crippen LogP contribution in [0.1, 0.15) is 38.3 Å². The van der Waals surface area contributed by atoms with E-state index in [1.165, 1.54) is 19.1 Å². The number of carbonyl (C=O) groups is 6. The highest BCUT2D eigenvalue weighted by Gasteiger charge is 2.51. The lowest BCUT2D eigenvalue weighted by atomic mass is 9.97. The zero-order valence-electron chi connectivity index (χ0n) is 39.2. The summed E-state index contributed by atoms with van der Waals surface area (Å²) >= 11 is 0. The molecule has 0 aliphatic carbocycles. The van der Waals surface area contributed by atoms with Crippen LogP contribution in [0.3, 0.4) is 0 Å². The number of carbonyl (C=O) groups excluding carboxylic acids is 6. The van der Waals surface area contributed by atoms with Crippen molar-refractivity contribution in [2.24, 2.45) is 17.4 Å². The van der Waals surface area contributed by atoms with Crippen LogP contribution in [0.5, 0.6) is 5.75 Å². The van der Waals surface area contributed by atoms with E-state index in [0.717, 1.165) is 0 Å².